The van der Waals surface area contributed by atoms with Crippen LogP contribution in [-0.4, -0.2) is 40.6 Å². The molecule has 1 aliphatic heterocycles. The maximum Gasteiger partial charge on any atom is 0.410 e. The number of Topliss-reactive ketones (excluding diaryl/α,β-unsaturated/α-hetero) is 1. The molecule has 0 saturated carbocycles. The smallest absolute Gasteiger partial charge is 0.410 e. The van der Waals surface area contributed by atoms with E-state index in [9.17, 15) is 9.59 Å². The molecule has 1 amide bonds. The average Bonchev–Trinajstić information content (AvgIpc) is 2.65. The molecule has 30 heavy (non-hydrogen) atoms. The SMILES string of the molecule is CCC[C@@H](C[C@H]1CCC[C@@H](CC(C)=O)N1C(=O)OC(C)(C)C)OCc1ccccc1. The molecule has 1 aliphatic rings. The van der Waals surface area contributed by atoms with Gasteiger partial charge in [0, 0.05) is 18.5 Å². The molecule has 1 fully saturated rings. The average molecular weight is 418 g/mol. The lowest BCUT2D eigenvalue weighted by atomic mass is 9.89. The molecule has 1 aromatic carbocycles. The van der Waals surface area contributed by atoms with Gasteiger partial charge in [-0.05, 0) is 65.4 Å². The second-order valence-electron chi connectivity index (χ2n) is 9.48. The van der Waals surface area contributed by atoms with Crippen molar-refractivity contribution in [3.05, 3.63) is 35.9 Å². The fourth-order valence-electron chi connectivity index (χ4n) is 4.22. The van der Waals surface area contributed by atoms with Crippen molar-refractivity contribution in [1.29, 1.82) is 0 Å². The molecule has 1 aromatic rings. The van der Waals surface area contributed by atoms with Crippen molar-refractivity contribution in [2.45, 2.75) is 110 Å². The Labute approximate surface area is 182 Å². The minimum Gasteiger partial charge on any atom is -0.444 e. The van der Waals surface area contributed by atoms with Crippen LogP contribution in [0, 0.1) is 0 Å². The molecule has 1 saturated heterocycles. The molecule has 0 radical (unpaired) electrons. The number of benzene rings is 1. The van der Waals surface area contributed by atoms with Gasteiger partial charge in [0.15, 0.2) is 0 Å². The summed E-state index contributed by atoms with van der Waals surface area (Å²) >= 11 is 0. The molecule has 5 nitrogen and oxygen atoms in total. The summed E-state index contributed by atoms with van der Waals surface area (Å²) < 4.78 is 12.0. The van der Waals surface area contributed by atoms with Crippen molar-refractivity contribution in [1.82, 2.24) is 4.90 Å². The van der Waals surface area contributed by atoms with Crippen molar-refractivity contribution in [2.75, 3.05) is 0 Å². The Kier molecular flexibility index (Phi) is 9.35. The van der Waals surface area contributed by atoms with Gasteiger partial charge >= 0.3 is 6.09 Å². The number of likely N-dealkylation sites (tertiary alicyclic amines) is 1. The second-order valence-corrected chi connectivity index (χ2v) is 9.48. The number of hydrogen-bond acceptors (Lipinski definition) is 4. The van der Waals surface area contributed by atoms with E-state index >= 15 is 0 Å². The van der Waals surface area contributed by atoms with E-state index < -0.39 is 5.60 Å². The third kappa shape index (κ3) is 8.10. The molecular formula is C25H39NO4. The van der Waals surface area contributed by atoms with Gasteiger partial charge in [0.1, 0.15) is 11.4 Å². The fraction of sp³-hybridized carbons (Fsp3) is 0.680. The summed E-state index contributed by atoms with van der Waals surface area (Å²) in [5.74, 6) is 0.111. The summed E-state index contributed by atoms with van der Waals surface area (Å²) in [7, 11) is 0. The van der Waals surface area contributed by atoms with Gasteiger partial charge in [-0.2, -0.15) is 0 Å². The molecule has 168 valence electrons. The normalized spacial score (nSPS) is 20.6. The van der Waals surface area contributed by atoms with E-state index in [1.165, 1.54) is 0 Å². The van der Waals surface area contributed by atoms with Gasteiger partial charge in [-0.15, -0.1) is 0 Å². The molecular weight excluding hydrogens is 378 g/mol. The Hall–Kier alpha value is -1.88. The fourth-order valence-corrected chi connectivity index (χ4v) is 4.22. The van der Waals surface area contributed by atoms with Gasteiger partial charge in [-0.25, -0.2) is 4.79 Å². The standard InChI is InChI=1S/C25H39NO4/c1-6-11-23(29-18-20-12-8-7-9-13-20)17-22-15-10-14-21(16-19(2)27)26(22)24(28)30-25(3,4)5/h7-9,12-13,21-23H,6,10-11,14-18H2,1-5H3/t21-,22+,23-/m0/s1. The predicted molar refractivity (Wildman–Crippen MR) is 119 cm³/mol. The molecule has 0 aromatic heterocycles. The lowest BCUT2D eigenvalue weighted by Crippen LogP contribution is -2.53. The van der Waals surface area contributed by atoms with Crippen LogP contribution in [0.25, 0.3) is 0 Å². The van der Waals surface area contributed by atoms with Crippen molar-refractivity contribution >= 4 is 11.9 Å². The van der Waals surface area contributed by atoms with Crippen LogP contribution in [0.4, 0.5) is 4.79 Å². The second kappa shape index (κ2) is 11.5. The molecule has 0 aliphatic carbocycles. The Balaban J connectivity index is 2.13. The van der Waals surface area contributed by atoms with Crippen molar-refractivity contribution < 1.29 is 19.1 Å². The summed E-state index contributed by atoms with van der Waals surface area (Å²) in [6.07, 6.45) is 5.67. The Morgan fingerprint density at radius 3 is 2.40 bits per heavy atom. The van der Waals surface area contributed by atoms with Crippen LogP contribution in [0.2, 0.25) is 0 Å². The zero-order chi connectivity index (χ0) is 22.1. The number of piperidine rings is 1. The van der Waals surface area contributed by atoms with Gasteiger partial charge in [0.25, 0.3) is 0 Å². The van der Waals surface area contributed by atoms with Gasteiger partial charge in [0.2, 0.25) is 0 Å². The Morgan fingerprint density at radius 2 is 1.80 bits per heavy atom. The summed E-state index contributed by atoms with van der Waals surface area (Å²) in [6.45, 7) is 9.97. The summed E-state index contributed by atoms with van der Waals surface area (Å²) in [5, 5.41) is 0. The largest absolute Gasteiger partial charge is 0.444 e. The minimum atomic E-state index is -0.563. The first-order valence-electron chi connectivity index (χ1n) is 11.4. The molecule has 0 spiro atoms. The number of ether oxygens (including phenoxy) is 2. The third-order valence-corrected chi connectivity index (χ3v) is 5.46. The minimum absolute atomic E-state index is 0.0327. The van der Waals surface area contributed by atoms with Crippen LogP contribution < -0.4 is 0 Å². The number of carbonyl (C=O) groups is 2. The van der Waals surface area contributed by atoms with Crippen molar-refractivity contribution in [2.24, 2.45) is 0 Å². The van der Waals surface area contributed by atoms with Gasteiger partial charge in [-0.1, -0.05) is 43.7 Å². The van der Waals surface area contributed by atoms with E-state index in [0.29, 0.717) is 13.0 Å². The monoisotopic (exact) mass is 417 g/mol. The number of ketones is 1. The number of hydrogen-bond donors (Lipinski definition) is 0. The number of amides is 1. The molecule has 0 unspecified atom stereocenters. The molecule has 3 atom stereocenters. The van der Waals surface area contributed by atoms with E-state index in [-0.39, 0.29) is 30.1 Å². The summed E-state index contributed by atoms with van der Waals surface area (Å²) in [5.41, 5.74) is 0.590. The first kappa shape index (κ1) is 24.4. The zero-order valence-electron chi connectivity index (χ0n) is 19.4. The van der Waals surface area contributed by atoms with Crippen LogP contribution in [0.3, 0.4) is 0 Å². The summed E-state index contributed by atoms with van der Waals surface area (Å²) in [4.78, 5) is 26.8. The molecule has 2 rings (SSSR count). The first-order valence-corrected chi connectivity index (χ1v) is 11.4. The Bertz CT molecular complexity index is 667. The highest BCUT2D eigenvalue weighted by atomic mass is 16.6. The zero-order valence-corrected chi connectivity index (χ0v) is 19.4. The number of nitrogens with zero attached hydrogens (tertiary/aromatic N) is 1. The molecule has 0 N–H and O–H groups in total. The molecule has 5 heteroatoms. The summed E-state index contributed by atoms with van der Waals surface area (Å²) in [6, 6.07) is 10.1. The van der Waals surface area contributed by atoms with Crippen LogP contribution in [0.1, 0.15) is 85.1 Å². The van der Waals surface area contributed by atoms with Gasteiger partial charge in [0.05, 0.1) is 12.7 Å². The van der Waals surface area contributed by atoms with E-state index in [1.54, 1.807) is 6.92 Å². The Morgan fingerprint density at radius 1 is 1.13 bits per heavy atom. The van der Waals surface area contributed by atoms with E-state index in [2.05, 4.69) is 19.1 Å². The maximum absolute atomic E-state index is 13.1. The number of rotatable bonds is 9. The van der Waals surface area contributed by atoms with Crippen molar-refractivity contribution in [3.8, 4) is 0 Å². The van der Waals surface area contributed by atoms with Crippen LogP contribution in [-0.2, 0) is 20.9 Å². The van der Waals surface area contributed by atoms with Crippen LogP contribution in [0.5, 0.6) is 0 Å². The third-order valence-electron chi connectivity index (χ3n) is 5.46. The molecule has 0 bridgehead atoms. The highest BCUT2D eigenvalue weighted by Gasteiger charge is 2.38. The lowest BCUT2D eigenvalue weighted by Gasteiger charge is -2.43. The van der Waals surface area contributed by atoms with Crippen LogP contribution >= 0.6 is 0 Å². The predicted octanol–water partition coefficient (Wildman–Crippen LogP) is 5.90. The highest BCUT2D eigenvalue weighted by molar-refractivity contribution is 5.77. The topological polar surface area (TPSA) is 55.8 Å². The van der Waals surface area contributed by atoms with E-state index in [0.717, 1.165) is 44.1 Å². The van der Waals surface area contributed by atoms with Gasteiger partial charge in [-0.3, -0.25) is 4.79 Å². The quantitative estimate of drug-likeness (QED) is 0.502. The molecule has 1 heterocycles. The van der Waals surface area contributed by atoms with Crippen molar-refractivity contribution in [3.63, 3.8) is 0 Å². The lowest BCUT2D eigenvalue weighted by molar-refractivity contribution is -0.118. The number of carbonyl (C=O) groups excluding carboxylic acids is 2. The maximum atomic E-state index is 13.1. The van der Waals surface area contributed by atoms with Crippen LogP contribution in [0.15, 0.2) is 30.3 Å². The first-order chi connectivity index (χ1) is 14.2. The van der Waals surface area contributed by atoms with E-state index in [1.807, 2.05) is 43.9 Å². The van der Waals surface area contributed by atoms with E-state index in [4.69, 9.17) is 9.47 Å². The van der Waals surface area contributed by atoms with Gasteiger partial charge < -0.3 is 14.4 Å². The highest BCUT2D eigenvalue weighted by Crippen LogP contribution is 2.31.